The molecule has 1 aliphatic rings. The highest BCUT2D eigenvalue weighted by Gasteiger charge is 2.29. The number of hydrogen-bond donors (Lipinski definition) is 0. The minimum Gasteiger partial charge on any atom is -0.348 e. The number of rotatable bonds is 4. The summed E-state index contributed by atoms with van der Waals surface area (Å²) in [5.41, 5.74) is 2.39. The molecule has 112 valence electrons. The van der Waals surface area contributed by atoms with E-state index in [0.29, 0.717) is 12.0 Å². The molecule has 1 saturated heterocycles. The van der Waals surface area contributed by atoms with Crippen molar-refractivity contribution in [2.75, 3.05) is 11.4 Å². The highest BCUT2D eigenvalue weighted by Crippen LogP contribution is 2.34. The van der Waals surface area contributed by atoms with E-state index in [9.17, 15) is 0 Å². The van der Waals surface area contributed by atoms with Crippen molar-refractivity contribution in [1.29, 1.82) is 0 Å². The fraction of sp³-hybridized carbons (Fsp3) is 0.562. The number of hydrogen-bond acceptors (Lipinski definition) is 4. The molecule has 0 radical (unpaired) electrons. The molecule has 2 aromatic heterocycles. The summed E-state index contributed by atoms with van der Waals surface area (Å²) in [6, 6.07) is 4.63. The van der Waals surface area contributed by atoms with E-state index in [2.05, 4.69) is 45.9 Å². The van der Waals surface area contributed by atoms with Crippen molar-refractivity contribution in [3.05, 3.63) is 36.0 Å². The third-order valence-electron chi connectivity index (χ3n) is 4.07. The van der Waals surface area contributed by atoms with Crippen LogP contribution in [-0.4, -0.2) is 26.3 Å². The summed E-state index contributed by atoms with van der Waals surface area (Å²) in [7, 11) is 2.01. The number of nitrogens with zero attached hydrogens (tertiary/aromatic N) is 5. The minimum absolute atomic E-state index is 0.374. The van der Waals surface area contributed by atoms with Gasteiger partial charge in [0.15, 0.2) is 0 Å². The average Bonchev–Trinajstić information content (AvgIpc) is 3.06. The largest absolute Gasteiger partial charge is 0.348 e. The molecule has 0 bridgehead atoms. The molecule has 5 heteroatoms. The molecule has 3 rings (SSSR count). The van der Waals surface area contributed by atoms with Crippen LogP contribution in [0.5, 0.6) is 0 Å². The molecule has 3 heterocycles. The fourth-order valence-electron chi connectivity index (χ4n) is 3.13. The van der Waals surface area contributed by atoms with E-state index < -0.39 is 0 Å². The maximum atomic E-state index is 4.50. The van der Waals surface area contributed by atoms with Crippen molar-refractivity contribution < 1.29 is 0 Å². The Morgan fingerprint density at radius 2 is 2.19 bits per heavy atom. The molecule has 0 N–H and O–H groups in total. The zero-order valence-corrected chi connectivity index (χ0v) is 13.0. The predicted molar refractivity (Wildman–Crippen MR) is 83.1 cm³/mol. The summed E-state index contributed by atoms with van der Waals surface area (Å²) < 4.78 is 1.97. The van der Waals surface area contributed by atoms with E-state index >= 15 is 0 Å². The van der Waals surface area contributed by atoms with Gasteiger partial charge in [-0.1, -0.05) is 13.8 Å². The summed E-state index contributed by atoms with van der Waals surface area (Å²) in [4.78, 5) is 11.3. The van der Waals surface area contributed by atoms with Gasteiger partial charge in [0.05, 0.1) is 11.7 Å². The molecule has 1 unspecified atom stereocenters. The molecule has 1 aliphatic heterocycles. The standard InChI is InChI=1S/C16H23N5/c1-12(2)9-13-10-16(18-11-17-13)21-8-4-5-15(21)14-6-7-19-20(14)3/h6-7,10-12,15H,4-5,8-9H2,1-3H3. The Labute approximate surface area is 126 Å². The van der Waals surface area contributed by atoms with Crippen LogP contribution in [0.3, 0.4) is 0 Å². The topological polar surface area (TPSA) is 46.8 Å². The van der Waals surface area contributed by atoms with E-state index in [4.69, 9.17) is 0 Å². The van der Waals surface area contributed by atoms with Crippen LogP contribution in [0.4, 0.5) is 5.82 Å². The molecular formula is C16H23N5. The minimum atomic E-state index is 0.374. The Morgan fingerprint density at radius 1 is 1.33 bits per heavy atom. The van der Waals surface area contributed by atoms with Gasteiger partial charge in [0.25, 0.3) is 0 Å². The maximum absolute atomic E-state index is 4.50. The van der Waals surface area contributed by atoms with Gasteiger partial charge in [0, 0.05) is 31.5 Å². The summed E-state index contributed by atoms with van der Waals surface area (Å²) >= 11 is 0. The molecule has 0 spiro atoms. The van der Waals surface area contributed by atoms with Crippen molar-refractivity contribution in [3.8, 4) is 0 Å². The number of aromatic nitrogens is 4. The highest BCUT2D eigenvalue weighted by molar-refractivity contribution is 5.43. The average molecular weight is 285 g/mol. The lowest BCUT2D eigenvalue weighted by Crippen LogP contribution is -2.25. The van der Waals surface area contributed by atoms with Crippen molar-refractivity contribution in [3.63, 3.8) is 0 Å². The third-order valence-corrected chi connectivity index (χ3v) is 4.07. The van der Waals surface area contributed by atoms with Crippen LogP contribution in [0.1, 0.15) is 44.1 Å². The van der Waals surface area contributed by atoms with Crippen molar-refractivity contribution in [2.24, 2.45) is 13.0 Å². The lowest BCUT2D eigenvalue weighted by atomic mass is 10.1. The Balaban J connectivity index is 1.87. The Morgan fingerprint density at radius 3 is 2.90 bits per heavy atom. The van der Waals surface area contributed by atoms with Crippen LogP contribution in [0.25, 0.3) is 0 Å². The van der Waals surface area contributed by atoms with Gasteiger partial charge in [0.2, 0.25) is 0 Å². The van der Waals surface area contributed by atoms with E-state index in [1.54, 1.807) is 6.33 Å². The SMILES string of the molecule is CC(C)Cc1cc(N2CCCC2c2ccnn2C)ncn1. The van der Waals surface area contributed by atoms with Gasteiger partial charge in [-0.25, -0.2) is 9.97 Å². The maximum Gasteiger partial charge on any atom is 0.132 e. The number of aryl methyl sites for hydroxylation is 1. The summed E-state index contributed by atoms with van der Waals surface area (Å²) in [6.07, 6.45) is 6.92. The van der Waals surface area contributed by atoms with Crippen LogP contribution in [-0.2, 0) is 13.5 Å². The van der Waals surface area contributed by atoms with Gasteiger partial charge in [-0.15, -0.1) is 0 Å². The lowest BCUT2D eigenvalue weighted by Gasteiger charge is -2.26. The van der Waals surface area contributed by atoms with Gasteiger partial charge in [-0.05, 0) is 31.2 Å². The van der Waals surface area contributed by atoms with Crippen molar-refractivity contribution in [2.45, 2.75) is 39.2 Å². The fourth-order valence-corrected chi connectivity index (χ4v) is 3.13. The monoisotopic (exact) mass is 285 g/mol. The van der Waals surface area contributed by atoms with E-state index in [1.807, 2.05) is 17.9 Å². The summed E-state index contributed by atoms with van der Waals surface area (Å²) in [5, 5.41) is 4.30. The van der Waals surface area contributed by atoms with Crippen molar-refractivity contribution >= 4 is 5.82 Å². The molecular weight excluding hydrogens is 262 g/mol. The Bertz CT molecular complexity index is 604. The normalized spacial score (nSPS) is 18.7. The third kappa shape index (κ3) is 2.91. The van der Waals surface area contributed by atoms with Gasteiger partial charge < -0.3 is 4.90 Å². The smallest absolute Gasteiger partial charge is 0.132 e. The second-order valence-electron chi connectivity index (χ2n) is 6.20. The first-order valence-corrected chi connectivity index (χ1v) is 7.70. The second kappa shape index (κ2) is 5.84. The zero-order chi connectivity index (χ0) is 14.8. The number of anilines is 1. The second-order valence-corrected chi connectivity index (χ2v) is 6.20. The highest BCUT2D eigenvalue weighted by atomic mass is 15.3. The molecule has 0 amide bonds. The molecule has 2 aromatic rings. The van der Waals surface area contributed by atoms with E-state index in [0.717, 1.165) is 30.9 Å². The Kier molecular flexibility index (Phi) is 3.90. The van der Waals surface area contributed by atoms with Crippen LogP contribution in [0.2, 0.25) is 0 Å². The molecule has 1 fully saturated rings. The van der Waals surface area contributed by atoms with Crippen LogP contribution in [0.15, 0.2) is 24.7 Å². The van der Waals surface area contributed by atoms with Crippen molar-refractivity contribution in [1.82, 2.24) is 19.7 Å². The molecule has 0 aromatic carbocycles. The molecule has 5 nitrogen and oxygen atoms in total. The van der Waals surface area contributed by atoms with Gasteiger partial charge in [0.1, 0.15) is 12.1 Å². The van der Waals surface area contributed by atoms with Crippen LogP contribution >= 0.6 is 0 Å². The summed E-state index contributed by atoms with van der Waals surface area (Å²) in [6.45, 7) is 5.49. The van der Waals surface area contributed by atoms with Gasteiger partial charge >= 0.3 is 0 Å². The van der Waals surface area contributed by atoms with Crippen LogP contribution < -0.4 is 4.90 Å². The molecule has 0 aliphatic carbocycles. The first kappa shape index (κ1) is 14.0. The first-order chi connectivity index (χ1) is 10.1. The van der Waals surface area contributed by atoms with Gasteiger partial charge in [-0.3, -0.25) is 4.68 Å². The predicted octanol–water partition coefficient (Wildman–Crippen LogP) is 2.75. The summed E-state index contributed by atoms with van der Waals surface area (Å²) in [5.74, 6) is 1.66. The Hall–Kier alpha value is -1.91. The van der Waals surface area contributed by atoms with Crippen LogP contribution in [0, 0.1) is 5.92 Å². The quantitative estimate of drug-likeness (QED) is 0.866. The molecule has 0 saturated carbocycles. The van der Waals surface area contributed by atoms with E-state index in [-0.39, 0.29) is 0 Å². The zero-order valence-electron chi connectivity index (χ0n) is 13.0. The van der Waals surface area contributed by atoms with E-state index in [1.165, 1.54) is 12.1 Å². The first-order valence-electron chi connectivity index (χ1n) is 7.70. The molecule has 21 heavy (non-hydrogen) atoms. The molecule has 1 atom stereocenters. The van der Waals surface area contributed by atoms with Gasteiger partial charge in [-0.2, -0.15) is 5.10 Å². The lowest BCUT2D eigenvalue weighted by molar-refractivity contribution is 0.610.